The van der Waals surface area contributed by atoms with Crippen LogP contribution in [0.25, 0.3) is 10.9 Å². The van der Waals surface area contributed by atoms with Crippen LogP contribution in [-0.2, 0) is 0 Å². The zero-order valence-corrected chi connectivity index (χ0v) is 11.4. The Kier molecular flexibility index (Phi) is 3.23. The van der Waals surface area contributed by atoms with E-state index in [1.807, 2.05) is 31.2 Å². The third-order valence-electron chi connectivity index (χ3n) is 3.11. The maximum Gasteiger partial charge on any atom is 0.278 e. The highest BCUT2D eigenvalue weighted by molar-refractivity contribution is 6.08. The van der Waals surface area contributed by atoms with Crippen LogP contribution in [0.3, 0.4) is 0 Å². The second-order valence-electron chi connectivity index (χ2n) is 4.66. The van der Waals surface area contributed by atoms with Crippen molar-refractivity contribution in [1.29, 1.82) is 0 Å². The number of pyridine rings is 2. The van der Waals surface area contributed by atoms with Crippen LogP contribution < -0.4 is 5.32 Å². The summed E-state index contributed by atoms with van der Waals surface area (Å²) in [6.45, 7) is 1.89. The van der Waals surface area contributed by atoms with Gasteiger partial charge in [0, 0.05) is 17.3 Å². The molecule has 5 heteroatoms. The lowest BCUT2D eigenvalue weighted by Gasteiger charge is -2.09. The van der Waals surface area contributed by atoms with Crippen molar-refractivity contribution in [3.8, 4) is 5.75 Å². The number of fused-ring (bicyclic) bond motifs is 1. The third kappa shape index (κ3) is 2.53. The number of aryl methyl sites for hydroxylation is 1. The number of nitrogens with one attached hydrogen (secondary N) is 1. The van der Waals surface area contributed by atoms with Crippen molar-refractivity contribution in [3.63, 3.8) is 0 Å². The maximum atomic E-state index is 12.2. The molecule has 0 aliphatic heterocycles. The Labute approximate surface area is 121 Å². The van der Waals surface area contributed by atoms with Crippen LogP contribution in [-0.4, -0.2) is 21.0 Å². The minimum absolute atomic E-state index is 0.0119. The number of anilines is 1. The van der Waals surface area contributed by atoms with Crippen molar-refractivity contribution in [2.24, 2.45) is 0 Å². The van der Waals surface area contributed by atoms with E-state index in [4.69, 9.17) is 0 Å². The summed E-state index contributed by atoms with van der Waals surface area (Å²) in [7, 11) is 0. The lowest BCUT2D eigenvalue weighted by Crippen LogP contribution is -2.14. The molecule has 3 aromatic rings. The van der Waals surface area contributed by atoms with Crippen molar-refractivity contribution in [2.45, 2.75) is 6.92 Å². The molecule has 2 heterocycles. The minimum atomic E-state index is -0.469. The first-order chi connectivity index (χ1) is 10.1. The Morgan fingerprint density at radius 1 is 1.14 bits per heavy atom. The summed E-state index contributed by atoms with van der Waals surface area (Å²) < 4.78 is 0. The van der Waals surface area contributed by atoms with Crippen molar-refractivity contribution in [1.82, 2.24) is 9.97 Å². The second-order valence-corrected chi connectivity index (χ2v) is 4.66. The molecule has 3 rings (SSSR count). The third-order valence-corrected chi connectivity index (χ3v) is 3.11. The predicted molar refractivity (Wildman–Crippen MR) is 80.3 cm³/mol. The highest BCUT2D eigenvalue weighted by Gasteiger charge is 2.14. The summed E-state index contributed by atoms with van der Waals surface area (Å²) in [5, 5.41) is 13.4. The number of rotatable bonds is 2. The number of nitrogens with zero attached hydrogens (tertiary/aromatic N) is 2. The van der Waals surface area contributed by atoms with Gasteiger partial charge in [-0.1, -0.05) is 18.2 Å². The lowest BCUT2D eigenvalue weighted by molar-refractivity contribution is 0.101. The number of carbonyl (C=O) groups is 1. The normalized spacial score (nSPS) is 10.5. The van der Waals surface area contributed by atoms with Crippen LogP contribution in [0.15, 0.2) is 48.7 Å². The molecule has 1 amide bonds. The lowest BCUT2D eigenvalue weighted by atomic mass is 10.1. The first-order valence-corrected chi connectivity index (χ1v) is 6.47. The van der Waals surface area contributed by atoms with E-state index in [1.165, 1.54) is 12.3 Å². The first kappa shape index (κ1) is 13.1. The largest absolute Gasteiger partial charge is 0.505 e. The molecule has 0 radical (unpaired) electrons. The predicted octanol–water partition coefficient (Wildman–Crippen LogP) is 2.90. The average Bonchev–Trinajstić information content (AvgIpc) is 2.48. The summed E-state index contributed by atoms with van der Waals surface area (Å²) in [6, 6.07) is 12.4. The van der Waals surface area contributed by atoms with Crippen LogP contribution in [0.2, 0.25) is 0 Å². The van der Waals surface area contributed by atoms with Gasteiger partial charge < -0.3 is 10.4 Å². The summed E-state index contributed by atoms with van der Waals surface area (Å²) in [5.74, 6) is -0.622. The molecule has 0 aliphatic rings. The van der Waals surface area contributed by atoms with Gasteiger partial charge >= 0.3 is 0 Å². The molecule has 1 aromatic carbocycles. The van der Waals surface area contributed by atoms with Gasteiger partial charge in [0.05, 0.1) is 11.2 Å². The summed E-state index contributed by atoms with van der Waals surface area (Å²) in [6.07, 6.45) is 1.46. The quantitative estimate of drug-likeness (QED) is 0.756. The number of aromatic nitrogens is 2. The SMILES string of the molecule is Cc1ccc2cccc(NC(=O)c3ncccc3O)c2n1. The number of para-hydroxylation sites is 1. The molecule has 5 nitrogen and oxygen atoms in total. The van der Waals surface area contributed by atoms with Crippen LogP contribution in [0.1, 0.15) is 16.2 Å². The smallest absolute Gasteiger partial charge is 0.278 e. The van der Waals surface area contributed by atoms with Gasteiger partial charge in [0.2, 0.25) is 0 Å². The fourth-order valence-electron chi connectivity index (χ4n) is 2.10. The number of benzene rings is 1. The number of aromatic hydroxyl groups is 1. The topological polar surface area (TPSA) is 75.1 Å². The molecule has 21 heavy (non-hydrogen) atoms. The molecule has 0 bridgehead atoms. The molecule has 0 aliphatic carbocycles. The number of hydrogen-bond acceptors (Lipinski definition) is 4. The van der Waals surface area contributed by atoms with Crippen LogP contribution in [0.5, 0.6) is 5.75 Å². The zero-order chi connectivity index (χ0) is 14.8. The van der Waals surface area contributed by atoms with Crippen molar-refractivity contribution in [3.05, 3.63) is 60.0 Å². The van der Waals surface area contributed by atoms with Gasteiger partial charge in [0.15, 0.2) is 5.69 Å². The fraction of sp³-hybridized carbons (Fsp3) is 0.0625. The van der Waals surface area contributed by atoms with Crippen LogP contribution in [0.4, 0.5) is 5.69 Å². The molecule has 0 saturated carbocycles. The van der Waals surface area contributed by atoms with E-state index in [9.17, 15) is 9.90 Å². The number of amides is 1. The molecule has 2 N–H and O–H groups in total. The molecule has 104 valence electrons. The minimum Gasteiger partial charge on any atom is -0.505 e. The Morgan fingerprint density at radius 3 is 2.81 bits per heavy atom. The molecule has 0 fully saturated rings. The molecule has 0 saturated heterocycles. The molecule has 0 unspecified atom stereocenters. The Bertz CT molecular complexity index is 831. The van der Waals surface area contributed by atoms with E-state index in [1.54, 1.807) is 12.1 Å². The molecular weight excluding hydrogens is 266 g/mol. The van der Waals surface area contributed by atoms with Gasteiger partial charge in [-0.3, -0.25) is 9.78 Å². The molecule has 0 spiro atoms. The van der Waals surface area contributed by atoms with Gasteiger partial charge in [0.1, 0.15) is 5.75 Å². The molecular formula is C16H13N3O2. The van der Waals surface area contributed by atoms with Gasteiger partial charge in [-0.2, -0.15) is 0 Å². The fourth-order valence-corrected chi connectivity index (χ4v) is 2.10. The van der Waals surface area contributed by atoms with Gasteiger partial charge in [-0.05, 0) is 31.2 Å². The maximum absolute atomic E-state index is 12.2. The Balaban J connectivity index is 2.00. The standard InChI is InChI=1S/C16H13N3O2/c1-10-7-8-11-4-2-5-12(14(11)18-10)19-16(21)15-13(20)6-3-9-17-15/h2-9,20H,1H3,(H,19,21). The van der Waals surface area contributed by atoms with Crippen molar-refractivity contribution >= 4 is 22.5 Å². The number of hydrogen-bond donors (Lipinski definition) is 2. The van der Waals surface area contributed by atoms with E-state index in [2.05, 4.69) is 15.3 Å². The Hall–Kier alpha value is -2.95. The van der Waals surface area contributed by atoms with Crippen LogP contribution >= 0.6 is 0 Å². The van der Waals surface area contributed by atoms with E-state index >= 15 is 0 Å². The Morgan fingerprint density at radius 2 is 2.00 bits per heavy atom. The summed E-state index contributed by atoms with van der Waals surface area (Å²) in [4.78, 5) is 20.5. The monoisotopic (exact) mass is 279 g/mol. The molecule has 0 atom stereocenters. The van der Waals surface area contributed by atoms with Crippen molar-refractivity contribution < 1.29 is 9.90 Å². The van der Waals surface area contributed by atoms with Gasteiger partial charge in [0.25, 0.3) is 5.91 Å². The average molecular weight is 279 g/mol. The number of carbonyl (C=O) groups excluding carboxylic acids is 1. The van der Waals surface area contributed by atoms with Gasteiger partial charge in [-0.25, -0.2) is 4.98 Å². The highest BCUT2D eigenvalue weighted by atomic mass is 16.3. The van der Waals surface area contributed by atoms with E-state index < -0.39 is 5.91 Å². The van der Waals surface area contributed by atoms with Crippen LogP contribution in [0, 0.1) is 6.92 Å². The summed E-state index contributed by atoms with van der Waals surface area (Å²) >= 11 is 0. The highest BCUT2D eigenvalue weighted by Crippen LogP contribution is 2.23. The first-order valence-electron chi connectivity index (χ1n) is 6.47. The van der Waals surface area contributed by atoms with E-state index in [0.717, 1.165) is 11.1 Å². The molecule has 2 aromatic heterocycles. The van der Waals surface area contributed by atoms with Crippen molar-refractivity contribution in [2.75, 3.05) is 5.32 Å². The summed E-state index contributed by atoms with van der Waals surface area (Å²) in [5.41, 5.74) is 2.15. The van der Waals surface area contributed by atoms with E-state index in [0.29, 0.717) is 11.2 Å². The second kappa shape index (κ2) is 5.20. The zero-order valence-electron chi connectivity index (χ0n) is 11.4. The van der Waals surface area contributed by atoms with E-state index in [-0.39, 0.29) is 11.4 Å². The van der Waals surface area contributed by atoms with Gasteiger partial charge in [-0.15, -0.1) is 0 Å².